The Morgan fingerprint density at radius 1 is 0.800 bits per heavy atom. The van der Waals surface area contributed by atoms with Gasteiger partial charge in [-0.2, -0.15) is 0 Å². The van der Waals surface area contributed by atoms with Crippen molar-refractivity contribution in [3.8, 4) is 34.1 Å². The Morgan fingerprint density at radius 3 is 2.36 bits per heavy atom. The monoisotopic (exact) mass is 338 g/mol. The van der Waals surface area contributed by atoms with Gasteiger partial charge in [0.15, 0.2) is 0 Å². The highest BCUT2D eigenvalue weighted by Gasteiger charge is 2.19. The van der Waals surface area contributed by atoms with Crippen LogP contribution in [-0.4, -0.2) is 19.6 Å². The van der Waals surface area contributed by atoms with Crippen LogP contribution in [0, 0.1) is 11.6 Å². The highest BCUT2D eigenvalue weighted by atomic mass is 19.1. The number of imidazole rings is 1. The molecule has 0 radical (unpaired) electrons. The minimum Gasteiger partial charge on any atom is -0.507 e. The molecule has 2 N–H and O–H groups in total. The lowest BCUT2D eigenvalue weighted by molar-refractivity contribution is 0.471. The molecule has 4 nitrogen and oxygen atoms in total. The van der Waals surface area contributed by atoms with Crippen LogP contribution in [0.4, 0.5) is 8.78 Å². The fourth-order valence-electron chi connectivity index (χ4n) is 2.82. The topological polar surface area (TPSA) is 57.8 Å². The van der Waals surface area contributed by atoms with E-state index in [1.165, 1.54) is 24.3 Å². The number of fused-ring (bicyclic) bond motifs is 1. The molecular weight excluding hydrogens is 326 g/mol. The SMILES string of the molecule is Oc1cc(F)ccc1-c1nc(-c2cc(F)ccc2O)n2ccccc12. The van der Waals surface area contributed by atoms with Gasteiger partial charge in [-0.3, -0.25) is 4.40 Å². The summed E-state index contributed by atoms with van der Waals surface area (Å²) in [5.74, 6) is -1.13. The quantitative estimate of drug-likeness (QED) is 0.571. The maximum Gasteiger partial charge on any atom is 0.149 e. The first kappa shape index (κ1) is 15.1. The predicted molar refractivity (Wildman–Crippen MR) is 89.3 cm³/mol. The van der Waals surface area contributed by atoms with Gasteiger partial charge in [-0.15, -0.1) is 0 Å². The van der Waals surface area contributed by atoms with E-state index >= 15 is 0 Å². The molecule has 0 bridgehead atoms. The number of aromatic nitrogens is 2. The highest BCUT2D eigenvalue weighted by Crippen LogP contribution is 2.37. The summed E-state index contributed by atoms with van der Waals surface area (Å²) >= 11 is 0. The second kappa shape index (κ2) is 5.59. The van der Waals surface area contributed by atoms with Crippen LogP contribution >= 0.6 is 0 Å². The Morgan fingerprint density at radius 2 is 1.56 bits per heavy atom. The Hall–Kier alpha value is -3.41. The number of halogens is 2. The Kier molecular flexibility index (Phi) is 3.39. The van der Waals surface area contributed by atoms with E-state index in [0.29, 0.717) is 22.6 Å². The van der Waals surface area contributed by atoms with E-state index in [0.717, 1.165) is 12.1 Å². The lowest BCUT2D eigenvalue weighted by Gasteiger charge is -2.03. The number of benzene rings is 2. The van der Waals surface area contributed by atoms with E-state index in [1.54, 1.807) is 28.8 Å². The van der Waals surface area contributed by atoms with Crippen molar-refractivity contribution in [1.29, 1.82) is 0 Å². The van der Waals surface area contributed by atoms with Crippen molar-refractivity contribution in [2.24, 2.45) is 0 Å². The van der Waals surface area contributed by atoms with E-state index in [4.69, 9.17) is 0 Å². The number of aromatic hydroxyl groups is 2. The third-order valence-corrected chi connectivity index (χ3v) is 3.96. The molecule has 0 aliphatic heterocycles. The minimum absolute atomic E-state index is 0.118. The van der Waals surface area contributed by atoms with Gasteiger partial charge in [-0.05, 0) is 42.5 Å². The summed E-state index contributed by atoms with van der Waals surface area (Å²) in [6.07, 6.45) is 1.71. The molecule has 0 unspecified atom stereocenters. The zero-order chi connectivity index (χ0) is 17.6. The average Bonchev–Trinajstić information content (AvgIpc) is 2.96. The molecular formula is C19H12F2N2O2. The zero-order valence-electron chi connectivity index (χ0n) is 12.8. The molecule has 2 aromatic carbocycles. The van der Waals surface area contributed by atoms with Crippen molar-refractivity contribution in [3.63, 3.8) is 0 Å². The van der Waals surface area contributed by atoms with Crippen LogP contribution in [0.2, 0.25) is 0 Å². The number of nitrogens with zero attached hydrogens (tertiary/aromatic N) is 2. The largest absolute Gasteiger partial charge is 0.507 e. The molecule has 0 atom stereocenters. The second-order valence-electron chi connectivity index (χ2n) is 5.56. The normalized spacial score (nSPS) is 11.1. The molecule has 2 heterocycles. The first-order valence-electron chi connectivity index (χ1n) is 7.49. The summed E-state index contributed by atoms with van der Waals surface area (Å²) in [7, 11) is 0. The Balaban J connectivity index is 2.04. The number of phenolic OH excluding ortho intramolecular Hbond substituents is 2. The minimum atomic E-state index is -0.562. The summed E-state index contributed by atoms with van der Waals surface area (Å²) in [5, 5.41) is 20.2. The molecule has 4 aromatic rings. The van der Waals surface area contributed by atoms with Crippen LogP contribution in [0.1, 0.15) is 0 Å². The zero-order valence-corrected chi connectivity index (χ0v) is 12.8. The fraction of sp³-hybridized carbons (Fsp3) is 0. The van der Waals surface area contributed by atoms with E-state index < -0.39 is 11.6 Å². The van der Waals surface area contributed by atoms with Crippen molar-refractivity contribution >= 4 is 5.52 Å². The van der Waals surface area contributed by atoms with Crippen molar-refractivity contribution in [1.82, 2.24) is 9.38 Å². The maximum atomic E-state index is 13.6. The third-order valence-electron chi connectivity index (χ3n) is 3.96. The fourth-order valence-corrected chi connectivity index (χ4v) is 2.82. The number of hydrogen-bond acceptors (Lipinski definition) is 3. The van der Waals surface area contributed by atoms with Crippen LogP contribution in [0.5, 0.6) is 11.5 Å². The first-order chi connectivity index (χ1) is 12.0. The van der Waals surface area contributed by atoms with Gasteiger partial charge in [0.25, 0.3) is 0 Å². The lowest BCUT2D eigenvalue weighted by Crippen LogP contribution is -1.90. The molecule has 6 heteroatoms. The van der Waals surface area contributed by atoms with Gasteiger partial charge < -0.3 is 10.2 Å². The lowest BCUT2D eigenvalue weighted by atomic mass is 10.1. The molecule has 0 spiro atoms. The third kappa shape index (κ3) is 2.48. The first-order valence-corrected chi connectivity index (χ1v) is 7.49. The van der Waals surface area contributed by atoms with Gasteiger partial charge in [0.05, 0.1) is 11.1 Å². The molecule has 4 rings (SSSR count). The summed E-state index contributed by atoms with van der Waals surface area (Å²) in [4.78, 5) is 4.48. The van der Waals surface area contributed by atoms with Gasteiger partial charge in [-0.1, -0.05) is 6.07 Å². The van der Waals surface area contributed by atoms with Crippen LogP contribution in [0.15, 0.2) is 60.8 Å². The highest BCUT2D eigenvalue weighted by molar-refractivity contribution is 5.84. The number of pyridine rings is 1. The van der Waals surface area contributed by atoms with Crippen molar-refractivity contribution in [3.05, 3.63) is 72.4 Å². The van der Waals surface area contributed by atoms with Crippen LogP contribution in [-0.2, 0) is 0 Å². The van der Waals surface area contributed by atoms with E-state index in [9.17, 15) is 19.0 Å². The second-order valence-corrected chi connectivity index (χ2v) is 5.56. The number of phenols is 2. The van der Waals surface area contributed by atoms with E-state index in [-0.39, 0.29) is 17.1 Å². The summed E-state index contributed by atoms with van der Waals surface area (Å²) < 4.78 is 28.6. The molecule has 2 aromatic heterocycles. The van der Waals surface area contributed by atoms with Gasteiger partial charge in [-0.25, -0.2) is 13.8 Å². The van der Waals surface area contributed by atoms with Gasteiger partial charge in [0.1, 0.15) is 34.7 Å². The summed E-state index contributed by atoms with van der Waals surface area (Å²) in [6.45, 7) is 0. The Labute approximate surface area is 141 Å². The molecule has 0 saturated carbocycles. The van der Waals surface area contributed by atoms with E-state index in [1.807, 2.05) is 0 Å². The van der Waals surface area contributed by atoms with Gasteiger partial charge in [0, 0.05) is 17.8 Å². The molecule has 0 saturated heterocycles. The number of rotatable bonds is 2. The standard InChI is InChI=1S/C19H12F2N2O2/c20-11-5-7-16(24)14(9-11)19-22-18(15-3-1-2-8-23(15)19)13-6-4-12(21)10-17(13)25/h1-10,24-25H. The van der Waals surface area contributed by atoms with Crippen LogP contribution in [0.25, 0.3) is 28.2 Å². The molecule has 0 aliphatic rings. The molecule has 0 aliphatic carbocycles. The molecule has 25 heavy (non-hydrogen) atoms. The average molecular weight is 338 g/mol. The van der Waals surface area contributed by atoms with Crippen LogP contribution < -0.4 is 0 Å². The Bertz CT molecular complexity index is 1110. The molecule has 0 amide bonds. The molecule has 124 valence electrons. The van der Waals surface area contributed by atoms with Crippen molar-refractivity contribution in [2.75, 3.05) is 0 Å². The maximum absolute atomic E-state index is 13.6. The van der Waals surface area contributed by atoms with Crippen molar-refractivity contribution in [2.45, 2.75) is 0 Å². The van der Waals surface area contributed by atoms with Crippen LogP contribution in [0.3, 0.4) is 0 Å². The smallest absolute Gasteiger partial charge is 0.149 e. The predicted octanol–water partition coefficient (Wildman–Crippen LogP) is 4.36. The summed E-state index contributed by atoms with van der Waals surface area (Å²) in [6, 6.07) is 12.6. The summed E-state index contributed by atoms with van der Waals surface area (Å²) in [5.41, 5.74) is 1.58. The van der Waals surface area contributed by atoms with Gasteiger partial charge in [0.2, 0.25) is 0 Å². The molecule has 0 fully saturated rings. The van der Waals surface area contributed by atoms with E-state index in [2.05, 4.69) is 4.98 Å². The van der Waals surface area contributed by atoms with Crippen molar-refractivity contribution < 1.29 is 19.0 Å². The van der Waals surface area contributed by atoms with Gasteiger partial charge >= 0.3 is 0 Å². The number of hydrogen-bond donors (Lipinski definition) is 2.